The molecule has 21 heavy (non-hydrogen) atoms. The second kappa shape index (κ2) is 6.15. The highest BCUT2D eigenvalue weighted by Gasteiger charge is 2.13. The van der Waals surface area contributed by atoms with E-state index in [1.807, 2.05) is 77.2 Å². The molecule has 3 rings (SSSR count). The predicted molar refractivity (Wildman–Crippen MR) is 96.3 cm³/mol. The lowest BCUT2D eigenvalue weighted by Crippen LogP contribution is -2.05. The summed E-state index contributed by atoms with van der Waals surface area (Å²) in [6.45, 7) is 0. The van der Waals surface area contributed by atoms with Gasteiger partial charge < -0.3 is 4.42 Å². The predicted octanol–water partition coefficient (Wildman–Crippen LogP) is 5.34. The second-order valence-corrected chi connectivity index (χ2v) is 6.49. The first-order valence-corrected chi connectivity index (χ1v) is 8.17. The van der Waals surface area contributed by atoms with Crippen LogP contribution in [0.1, 0.15) is 0 Å². The van der Waals surface area contributed by atoms with Gasteiger partial charge in [0, 0.05) is 21.7 Å². The first-order chi connectivity index (χ1) is 10.1. The van der Waals surface area contributed by atoms with E-state index in [1.165, 1.54) is 0 Å². The van der Waals surface area contributed by atoms with Crippen molar-refractivity contribution in [2.45, 2.75) is 0 Å². The van der Waals surface area contributed by atoms with Gasteiger partial charge in [-0.3, -0.25) is 4.79 Å². The third kappa shape index (κ3) is 3.11. The number of hydrogen-bond donors (Lipinski definition) is 0. The second-order valence-electron chi connectivity index (χ2n) is 4.49. The Morgan fingerprint density at radius 1 is 0.905 bits per heavy atom. The largest absolute Gasteiger partial charge is 0.455 e. The molecule has 0 radical (unpaired) electrons. The summed E-state index contributed by atoms with van der Waals surface area (Å²) < 4.78 is 7.56. The Balaban J connectivity index is 2.19. The van der Waals surface area contributed by atoms with Crippen molar-refractivity contribution < 1.29 is 4.42 Å². The molecule has 0 aliphatic carbocycles. The fraction of sp³-hybridized carbons (Fsp3) is 0. The van der Waals surface area contributed by atoms with Crippen LogP contribution in [-0.2, 0) is 0 Å². The molecule has 2 nitrogen and oxygen atoms in total. The minimum absolute atomic E-state index is 0.0291. The highest BCUT2D eigenvalue weighted by atomic mass is 127. The zero-order chi connectivity index (χ0) is 14.8. The Kier molecular flexibility index (Phi) is 4.26. The summed E-state index contributed by atoms with van der Waals surface area (Å²) in [5, 5.41) is 0. The van der Waals surface area contributed by atoms with E-state index in [9.17, 15) is 4.79 Å². The van der Waals surface area contributed by atoms with Crippen LogP contribution in [0.2, 0.25) is 0 Å². The van der Waals surface area contributed by atoms with Crippen LogP contribution >= 0.6 is 38.5 Å². The molecule has 2 aromatic carbocycles. The van der Waals surface area contributed by atoms with E-state index in [2.05, 4.69) is 15.9 Å². The van der Waals surface area contributed by atoms with E-state index in [0.717, 1.165) is 15.6 Å². The molecule has 1 aromatic heterocycles. The molecule has 3 aromatic rings. The number of hydrogen-bond acceptors (Lipinski definition) is 2. The standard InChI is InChI=1S/C17H10BrIO2/c18-13-8-6-12(7-9-13)17-16(19)14(20)10-15(21-17)11-4-2-1-3-5-11/h1-10H. The molecule has 0 bridgehead atoms. The molecule has 0 fully saturated rings. The van der Waals surface area contributed by atoms with E-state index in [4.69, 9.17) is 4.42 Å². The average Bonchev–Trinajstić information content (AvgIpc) is 2.52. The molecule has 0 saturated heterocycles. The van der Waals surface area contributed by atoms with Gasteiger partial charge in [0.25, 0.3) is 0 Å². The zero-order valence-electron chi connectivity index (χ0n) is 10.8. The van der Waals surface area contributed by atoms with E-state index in [0.29, 0.717) is 15.1 Å². The van der Waals surface area contributed by atoms with Crippen LogP contribution < -0.4 is 5.43 Å². The first-order valence-electron chi connectivity index (χ1n) is 6.30. The van der Waals surface area contributed by atoms with Crippen LogP contribution in [0.5, 0.6) is 0 Å². The summed E-state index contributed by atoms with van der Waals surface area (Å²) in [6.07, 6.45) is 0. The van der Waals surface area contributed by atoms with E-state index >= 15 is 0 Å². The van der Waals surface area contributed by atoms with Gasteiger partial charge in [-0.25, -0.2) is 0 Å². The van der Waals surface area contributed by atoms with Crippen molar-refractivity contribution in [3.63, 3.8) is 0 Å². The Bertz CT molecular complexity index is 824. The summed E-state index contributed by atoms with van der Waals surface area (Å²) in [6, 6.07) is 18.9. The third-order valence-corrected chi connectivity index (χ3v) is 4.60. The molecule has 0 unspecified atom stereocenters. The SMILES string of the molecule is O=c1cc(-c2ccccc2)oc(-c2ccc(Br)cc2)c1I. The lowest BCUT2D eigenvalue weighted by atomic mass is 10.1. The van der Waals surface area contributed by atoms with Gasteiger partial charge in [-0.15, -0.1) is 0 Å². The van der Waals surface area contributed by atoms with E-state index < -0.39 is 0 Å². The fourth-order valence-corrected chi connectivity index (χ4v) is 2.85. The minimum atomic E-state index is -0.0291. The number of benzene rings is 2. The van der Waals surface area contributed by atoms with Gasteiger partial charge >= 0.3 is 0 Å². The van der Waals surface area contributed by atoms with Crippen LogP contribution in [0.3, 0.4) is 0 Å². The Morgan fingerprint density at radius 3 is 2.24 bits per heavy atom. The average molecular weight is 453 g/mol. The van der Waals surface area contributed by atoms with Crippen molar-refractivity contribution in [1.29, 1.82) is 0 Å². The summed E-state index contributed by atoms with van der Waals surface area (Å²) in [5.41, 5.74) is 1.75. The van der Waals surface area contributed by atoms with Gasteiger partial charge in [-0.2, -0.15) is 0 Å². The maximum Gasteiger partial charge on any atom is 0.199 e. The van der Waals surface area contributed by atoms with Crippen molar-refractivity contribution in [2.75, 3.05) is 0 Å². The smallest absolute Gasteiger partial charge is 0.199 e. The van der Waals surface area contributed by atoms with Gasteiger partial charge in [0.15, 0.2) is 11.2 Å². The molecule has 0 aliphatic heterocycles. The molecule has 1 heterocycles. The first kappa shape index (κ1) is 14.5. The van der Waals surface area contributed by atoms with Crippen molar-refractivity contribution in [3.8, 4) is 22.6 Å². The molecular weight excluding hydrogens is 443 g/mol. The van der Waals surface area contributed by atoms with Gasteiger partial charge in [-0.1, -0.05) is 58.4 Å². The number of rotatable bonds is 2. The monoisotopic (exact) mass is 452 g/mol. The zero-order valence-corrected chi connectivity index (χ0v) is 14.6. The van der Waals surface area contributed by atoms with Crippen LogP contribution in [0.15, 0.2) is 74.3 Å². The summed E-state index contributed by atoms with van der Waals surface area (Å²) >= 11 is 5.44. The van der Waals surface area contributed by atoms with Crippen molar-refractivity contribution in [1.82, 2.24) is 0 Å². The van der Waals surface area contributed by atoms with Crippen molar-refractivity contribution >= 4 is 38.5 Å². The maximum atomic E-state index is 12.2. The summed E-state index contributed by atoms with van der Waals surface area (Å²) in [5.74, 6) is 1.19. The third-order valence-electron chi connectivity index (χ3n) is 3.05. The summed E-state index contributed by atoms with van der Waals surface area (Å²) in [7, 11) is 0. The molecule has 104 valence electrons. The summed E-state index contributed by atoms with van der Waals surface area (Å²) in [4.78, 5) is 12.2. The number of halogens is 2. The molecule has 0 aliphatic rings. The van der Waals surface area contributed by atoms with Crippen LogP contribution in [-0.4, -0.2) is 0 Å². The molecule has 4 heteroatoms. The Morgan fingerprint density at radius 2 is 1.57 bits per heavy atom. The fourth-order valence-electron chi connectivity index (χ4n) is 2.01. The van der Waals surface area contributed by atoms with Crippen molar-refractivity contribution in [3.05, 3.63) is 78.9 Å². The molecule has 0 N–H and O–H groups in total. The maximum absolute atomic E-state index is 12.2. The molecule has 0 amide bonds. The van der Waals surface area contributed by atoms with Gasteiger partial charge in [0.2, 0.25) is 0 Å². The highest BCUT2D eigenvalue weighted by Crippen LogP contribution is 2.29. The van der Waals surface area contributed by atoms with Crippen LogP contribution in [0, 0.1) is 3.57 Å². The van der Waals surface area contributed by atoms with Gasteiger partial charge in [-0.05, 0) is 34.7 Å². The van der Waals surface area contributed by atoms with Crippen LogP contribution in [0.4, 0.5) is 0 Å². The van der Waals surface area contributed by atoms with E-state index in [-0.39, 0.29) is 5.43 Å². The van der Waals surface area contributed by atoms with Gasteiger partial charge in [0.1, 0.15) is 9.33 Å². The molecule has 0 atom stereocenters. The molecule has 0 saturated carbocycles. The lowest BCUT2D eigenvalue weighted by molar-refractivity contribution is 0.576. The molecular formula is C17H10BrIO2. The lowest BCUT2D eigenvalue weighted by Gasteiger charge is -2.07. The topological polar surface area (TPSA) is 30.2 Å². The Hall–Kier alpha value is -1.40. The van der Waals surface area contributed by atoms with Crippen molar-refractivity contribution in [2.24, 2.45) is 0 Å². The van der Waals surface area contributed by atoms with E-state index in [1.54, 1.807) is 6.07 Å². The minimum Gasteiger partial charge on any atom is -0.455 e. The quantitative estimate of drug-likeness (QED) is 0.491. The highest BCUT2D eigenvalue weighted by molar-refractivity contribution is 14.1. The van der Waals surface area contributed by atoms with Crippen LogP contribution in [0.25, 0.3) is 22.6 Å². The van der Waals surface area contributed by atoms with Gasteiger partial charge in [0.05, 0.1) is 0 Å². The Labute approximate surface area is 144 Å². The normalized spacial score (nSPS) is 10.6. The molecule has 0 spiro atoms.